The van der Waals surface area contributed by atoms with Crippen LogP contribution in [0, 0.1) is 11.3 Å². The molecule has 0 amide bonds. The Morgan fingerprint density at radius 2 is 2.00 bits per heavy atom. The first-order chi connectivity index (χ1) is 9.88. The van der Waals surface area contributed by atoms with Crippen molar-refractivity contribution in [1.82, 2.24) is 9.97 Å². The van der Waals surface area contributed by atoms with E-state index in [0.29, 0.717) is 5.56 Å². The Balaban J connectivity index is 1.83. The highest BCUT2D eigenvalue weighted by Gasteiger charge is 2.04. The Labute approximate surface area is 117 Å². The molecule has 2 N–H and O–H groups in total. The SMILES string of the molecule is N#Cc1ccc(NCCc2cnc[nH]2)c2ccccc12. The maximum atomic E-state index is 9.15. The van der Waals surface area contributed by atoms with E-state index in [9.17, 15) is 0 Å². The van der Waals surface area contributed by atoms with Gasteiger partial charge < -0.3 is 10.3 Å². The molecular formula is C16H14N4. The van der Waals surface area contributed by atoms with Gasteiger partial charge in [-0.2, -0.15) is 5.26 Å². The van der Waals surface area contributed by atoms with Crippen LogP contribution in [0.5, 0.6) is 0 Å². The summed E-state index contributed by atoms with van der Waals surface area (Å²) in [5.74, 6) is 0. The molecule has 20 heavy (non-hydrogen) atoms. The Kier molecular flexibility index (Phi) is 3.34. The number of nitriles is 1. The summed E-state index contributed by atoms with van der Waals surface area (Å²) in [6.07, 6.45) is 4.40. The number of nitrogens with one attached hydrogen (secondary N) is 2. The van der Waals surface area contributed by atoms with Crippen LogP contribution < -0.4 is 5.32 Å². The maximum Gasteiger partial charge on any atom is 0.0998 e. The van der Waals surface area contributed by atoms with Crippen LogP contribution in [-0.4, -0.2) is 16.5 Å². The first kappa shape index (κ1) is 12.2. The third kappa shape index (κ3) is 2.34. The number of imidazole rings is 1. The van der Waals surface area contributed by atoms with Crippen LogP contribution in [0.2, 0.25) is 0 Å². The van der Waals surface area contributed by atoms with Gasteiger partial charge in [0.1, 0.15) is 0 Å². The van der Waals surface area contributed by atoms with E-state index in [0.717, 1.165) is 35.1 Å². The molecule has 0 saturated heterocycles. The van der Waals surface area contributed by atoms with E-state index in [1.54, 1.807) is 6.33 Å². The van der Waals surface area contributed by atoms with Crippen molar-refractivity contribution in [3.05, 3.63) is 60.2 Å². The van der Waals surface area contributed by atoms with Crippen molar-refractivity contribution in [3.8, 4) is 6.07 Å². The molecule has 0 aliphatic heterocycles. The van der Waals surface area contributed by atoms with Gasteiger partial charge in [0.15, 0.2) is 0 Å². The summed E-state index contributed by atoms with van der Waals surface area (Å²) < 4.78 is 0. The molecule has 0 aliphatic carbocycles. The van der Waals surface area contributed by atoms with Crippen LogP contribution in [0.25, 0.3) is 10.8 Å². The van der Waals surface area contributed by atoms with E-state index < -0.39 is 0 Å². The molecule has 98 valence electrons. The van der Waals surface area contributed by atoms with E-state index in [-0.39, 0.29) is 0 Å². The molecule has 0 fully saturated rings. The van der Waals surface area contributed by atoms with Gasteiger partial charge >= 0.3 is 0 Å². The zero-order valence-corrected chi connectivity index (χ0v) is 10.9. The van der Waals surface area contributed by atoms with Crippen molar-refractivity contribution in [2.45, 2.75) is 6.42 Å². The summed E-state index contributed by atoms with van der Waals surface area (Å²) in [6, 6.07) is 14.0. The summed E-state index contributed by atoms with van der Waals surface area (Å²) >= 11 is 0. The number of hydrogen-bond donors (Lipinski definition) is 2. The fraction of sp³-hybridized carbons (Fsp3) is 0.125. The van der Waals surface area contributed by atoms with Crippen molar-refractivity contribution in [2.24, 2.45) is 0 Å². The quantitative estimate of drug-likeness (QED) is 0.759. The van der Waals surface area contributed by atoms with Gasteiger partial charge in [-0.05, 0) is 12.1 Å². The van der Waals surface area contributed by atoms with Gasteiger partial charge in [0.05, 0.1) is 18.0 Å². The van der Waals surface area contributed by atoms with Gasteiger partial charge in [-0.1, -0.05) is 24.3 Å². The minimum absolute atomic E-state index is 0.708. The van der Waals surface area contributed by atoms with E-state index >= 15 is 0 Å². The number of H-pyrrole nitrogens is 1. The molecule has 1 heterocycles. The molecular weight excluding hydrogens is 248 g/mol. The van der Waals surface area contributed by atoms with E-state index in [1.165, 1.54) is 0 Å². The molecule has 3 aromatic rings. The third-order valence-corrected chi connectivity index (χ3v) is 3.31. The van der Waals surface area contributed by atoms with Gasteiger partial charge in [0.2, 0.25) is 0 Å². The molecule has 4 heteroatoms. The second-order valence-electron chi connectivity index (χ2n) is 4.57. The molecule has 0 aliphatic rings. The highest BCUT2D eigenvalue weighted by atomic mass is 14.9. The lowest BCUT2D eigenvalue weighted by atomic mass is 10.0. The fourth-order valence-corrected chi connectivity index (χ4v) is 2.30. The summed E-state index contributed by atoms with van der Waals surface area (Å²) in [5.41, 5.74) is 2.87. The van der Waals surface area contributed by atoms with E-state index in [2.05, 4.69) is 21.4 Å². The Hall–Kier alpha value is -2.80. The second-order valence-corrected chi connectivity index (χ2v) is 4.57. The number of nitrogens with zero attached hydrogens (tertiary/aromatic N) is 2. The fourth-order valence-electron chi connectivity index (χ4n) is 2.30. The average Bonchev–Trinajstić information content (AvgIpc) is 3.01. The maximum absolute atomic E-state index is 9.15. The van der Waals surface area contributed by atoms with Crippen LogP contribution >= 0.6 is 0 Å². The topological polar surface area (TPSA) is 64.5 Å². The predicted molar refractivity (Wildman–Crippen MR) is 79.4 cm³/mol. The Morgan fingerprint density at radius 3 is 2.75 bits per heavy atom. The van der Waals surface area contributed by atoms with Crippen molar-refractivity contribution in [2.75, 3.05) is 11.9 Å². The van der Waals surface area contributed by atoms with Crippen LogP contribution in [0.15, 0.2) is 48.9 Å². The molecule has 2 aromatic carbocycles. The minimum atomic E-state index is 0.708. The molecule has 3 rings (SSSR count). The first-order valence-electron chi connectivity index (χ1n) is 6.51. The Bertz CT molecular complexity index is 754. The second kappa shape index (κ2) is 5.45. The van der Waals surface area contributed by atoms with Gasteiger partial charge in [0, 0.05) is 41.3 Å². The summed E-state index contributed by atoms with van der Waals surface area (Å²) in [4.78, 5) is 7.09. The van der Waals surface area contributed by atoms with Gasteiger partial charge in [-0.25, -0.2) is 4.98 Å². The number of anilines is 1. The van der Waals surface area contributed by atoms with E-state index in [1.807, 2.05) is 42.6 Å². The molecule has 0 unspecified atom stereocenters. The highest BCUT2D eigenvalue weighted by molar-refractivity contribution is 5.97. The van der Waals surface area contributed by atoms with Crippen LogP contribution in [0.4, 0.5) is 5.69 Å². The largest absolute Gasteiger partial charge is 0.384 e. The monoisotopic (exact) mass is 262 g/mol. The zero-order chi connectivity index (χ0) is 13.8. The number of rotatable bonds is 4. The minimum Gasteiger partial charge on any atom is -0.384 e. The molecule has 0 radical (unpaired) electrons. The van der Waals surface area contributed by atoms with Crippen molar-refractivity contribution >= 4 is 16.5 Å². The average molecular weight is 262 g/mol. The van der Waals surface area contributed by atoms with E-state index in [4.69, 9.17) is 5.26 Å². The number of hydrogen-bond acceptors (Lipinski definition) is 3. The standard InChI is InChI=1S/C16H14N4/c17-9-12-5-6-16(15-4-2-1-3-14(12)15)19-8-7-13-10-18-11-20-13/h1-6,10-11,19H,7-8H2,(H,18,20). The molecule has 4 nitrogen and oxygen atoms in total. The van der Waals surface area contributed by atoms with Gasteiger partial charge in [0.25, 0.3) is 0 Å². The van der Waals surface area contributed by atoms with Crippen molar-refractivity contribution in [1.29, 1.82) is 5.26 Å². The van der Waals surface area contributed by atoms with Crippen LogP contribution in [0.3, 0.4) is 0 Å². The van der Waals surface area contributed by atoms with Crippen molar-refractivity contribution < 1.29 is 0 Å². The number of benzene rings is 2. The molecule has 0 bridgehead atoms. The van der Waals surface area contributed by atoms with Gasteiger partial charge in [-0.15, -0.1) is 0 Å². The number of aromatic nitrogens is 2. The molecule has 1 aromatic heterocycles. The van der Waals surface area contributed by atoms with Gasteiger partial charge in [-0.3, -0.25) is 0 Å². The lowest BCUT2D eigenvalue weighted by Gasteiger charge is -2.10. The molecule has 0 spiro atoms. The highest BCUT2D eigenvalue weighted by Crippen LogP contribution is 2.26. The third-order valence-electron chi connectivity index (χ3n) is 3.31. The van der Waals surface area contributed by atoms with Crippen LogP contribution in [0.1, 0.15) is 11.3 Å². The normalized spacial score (nSPS) is 10.3. The summed E-state index contributed by atoms with van der Waals surface area (Å²) in [6.45, 7) is 0.818. The van der Waals surface area contributed by atoms with Crippen LogP contribution in [-0.2, 0) is 6.42 Å². The first-order valence-corrected chi connectivity index (χ1v) is 6.51. The molecule has 0 saturated carbocycles. The lowest BCUT2D eigenvalue weighted by molar-refractivity contribution is 0.978. The molecule has 0 atom stereocenters. The predicted octanol–water partition coefficient (Wildman–Crippen LogP) is 3.09. The van der Waals surface area contributed by atoms with Crippen molar-refractivity contribution in [3.63, 3.8) is 0 Å². The summed E-state index contributed by atoms with van der Waals surface area (Å²) in [5, 5.41) is 14.6. The lowest BCUT2D eigenvalue weighted by Crippen LogP contribution is -2.05. The number of aromatic amines is 1. The number of fused-ring (bicyclic) bond motifs is 1. The summed E-state index contributed by atoms with van der Waals surface area (Å²) in [7, 11) is 0. The smallest absolute Gasteiger partial charge is 0.0998 e. The Morgan fingerprint density at radius 1 is 1.15 bits per heavy atom. The zero-order valence-electron chi connectivity index (χ0n) is 10.9.